The van der Waals surface area contributed by atoms with Gasteiger partial charge in [-0.1, -0.05) is 0 Å². The van der Waals surface area contributed by atoms with Crippen LogP contribution in [0.5, 0.6) is 0 Å². The number of nitrogens with one attached hydrogen (secondary N) is 1. The molecule has 0 atom stereocenters. The maximum atomic E-state index is 11.2. The van der Waals surface area contributed by atoms with Gasteiger partial charge in [-0.15, -0.1) is 12.4 Å². The molecule has 0 aromatic heterocycles. The van der Waals surface area contributed by atoms with E-state index in [4.69, 9.17) is 5.73 Å². The van der Waals surface area contributed by atoms with Crippen LogP contribution in [0.3, 0.4) is 0 Å². The van der Waals surface area contributed by atoms with Crippen LogP contribution in [0.15, 0.2) is 0 Å². The minimum Gasteiger partial charge on any atom is -0.380 e. The Hall–Kier alpha value is -0.320. The van der Waals surface area contributed by atoms with Crippen LogP contribution >= 0.6 is 12.4 Å². The van der Waals surface area contributed by atoms with Gasteiger partial charge in [0, 0.05) is 23.9 Å². The zero-order valence-corrected chi connectivity index (χ0v) is 10.6. The molecule has 1 rings (SSSR count). The SMILES string of the molecule is CC1(C)CC(O)(C(N)=O)CC(C)(C)N1.Cl. The average molecular weight is 237 g/mol. The molecule has 1 heterocycles. The van der Waals surface area contributed by atoms with Crippen LogP contribution in [0.4, 0.5) is 0 Å². The number of amides is 1. The zero-order chi connectivity index (χ0) is 11.2. The molecule has 1 fully saturated rings. The molecule has 1 saturated heterocycles. The van der Waals surface area contributed by atoms with Crippen molar-refractivity contribution in [1.29, 1.82) is 0 Å². The molecule has 90 valence electrons. The Kier molecular flexibility index (Phi) is 3.84. The van der Waals surface area contributed by atoms with Crippen LogP contribution in [0.2, 0.25) is 0 Å². The van der Waals surface area contributed by atoms with Crippen molar-refractivity contribution in [2.75, 3.05) is 0 Å². The molecule has 0 aromatic carbocycles. The van der Waals surface area contributed by atoms with Crippen molar-refractivity contribution in [1.82, 2.24) is 5.32 Å². The van der Waals surface area contributed by atoms with Gasteiger partial charge in [-0.2, -0.15) is 0 Å². The normalized spacial score (nSPS) is 26.5. The fourth-order valence-corrected chi connectivity index (χ4v) is 2.70. The maximum Gasteiger partial charge on any atom is 0.249 e. The highest BCUT2D eigenvalue weighted by Crippen LogP contribution is 2.35. The predicted molar refractivity (Wildman–Crippen MR) is 61.9 cm³/mol. The average Bonchev–Trinajstić information content (AvgIpc) is 1.76. The first-order chi connectivity index (χ1) is 6.06. The highest BCUT2D eigenvalue weighted by Gasteiger charge is 2.49. The van der Waals surface area contributed by atoms with Crippen molar-refractivity contribution in [3.63, 3.8) is 0 Å². The van der Waals surface area contributed by atoms with Gasteiger partial charge >= 0.3 is 0 Å². The van der Waals surface area contributed by atoms with E-state index < -0.39 is 11.5 Å². The van der Waals surface area contributed by atoms with Crippen molar-refractivity contribution in [2.45, 2.75) is 57.2 Å². The molecule has 15 heavy (non-hydrogen) atoms. The van der Waals surface area contributed by atoms with Gasteiger partial charge in [0.25, 0.3) is 0 Å². The molecule has 0 spiro atoms. The number of piperidine rings is 1. The van der Waals surface area contributed by atoms with Crippen molar-refractivity contribution in [2.24, 2.45) is 5.73 Å². The number of hydrogen-bond donors (Lipinski definition) is 3. The van der Waals surface area contributed by atoms with Crippen LogP contribution in [-0.4, -0.2) is 27.7 Å². The van der Waals surface area contributed by atoms with Crippen molar-refractivity contribution in [3.8, 4) is 0 Å². The Labute approximate surface area is 97.0 Å². The molecule has 1 aliphatic rings. The number of halogens is 1. The molecule has 4 N–H and O–H groups in total. The molecule has 0 bridgehead atoms. The number of hydrogen-bond acceptors (Lipinski definition) is 3. The van der Waals surface area contributed by atoms with Gasteiger partial charge in [-0.3, -0.25) is 4.79 Å². The minimum absolute atomic E-state index is 0. The topological polar surface area (TPSA) is 75.3 Å². The highest BCUT2D eigenvalue weighted by molar-refractivity contribution is 5.85. The van der Waals surface area contributed by atoms with Crippen LogP contribution in [0.1, 0.15) is 40.5 Å². The van der Waals surface area contributed by atoms with Gasteiger partial charge in [0.05, 0.1) is 0 Å². The Balaban J connectivity index is 0.00000196. The molecule has 1 aliphatic heterocycles. The van der Waals surface area contributed by atoms with E-state index in [0.717, 1.165) is 0 Å². The summed E-state index contributed by atoms with van der Waals surface area (Å²) in [5.74, 6) is -0.625. The van der Waals surface area contributed by atoms with Gasteiger partial charge in [-0.05, 0) is 27.7 Å². The number of carbonyl (C=O) groups excluding carboxylic acids is 1. The van der Waals surface area contributed by atoms with Gasteiger partial charge < -0.3 is 16.2 Å². The van der Waals surface area contributed by atoms with Crippen LogP contribution < -0.4 is 11.1 Å². The largest absolute Gasteiger partial charge is 0.380 e. The number of carbonyl (C=O) groups is 1. The lowest BCUT2D eigenvalue weighted by Crippen LogP contribution is -2.66. The molecule has 0 radical (unpaired) electrons. The smallest absolute Gasteiger partial charge is 0.249 e. The first-order valence-corrected chi connectivity index (χ1v) is 4.88. The molecule has 0 unspecified atom stereocenters. The van der Waals surface area contributed by atoms with Crippen molar-refractivity contribution >= 4 is 18.3 Å². The summed E-state index contributed by atoms with van der Waals surface area (Å²) in [5.41, 5.74) is 3.31. The third-order valence-corrected chi connectivity index (χ3v) is 2.60. The predicted octanol–water partition coefficient (Wildman–Crippen LogP) is 0.565. The van der Waals surface area contributed by atoms with E-state index >= 15 is 0 Å². The zero-order valence-electron chi connectivity index (χ0n) is 9.76. The molecule has 0 aromatic rings. The van der Waals surface area contributed by atoms with Crippen molar-refractivity contribution in [3.05, 3.63) is 0 Å². The third kappa shape index (κ3) is 3.33. The summed E-state index contributed by atoms with van der Waals surface area (Å²) in [6.45, 7) is 7.84. The molecule has 1 amide bonds. The van der Waals surface area contributed by atoms with Gasteiger partial charge in [0.15, 0.2) is 0 Å². The molecular formula is C10H21ClN2O2. The van der Waals surface area contributed by atoms with E-state index in [1.54, 1.807) is 0 Å². The summed E-state index contributed by atoms with van der Waals surface area (Å²) in [7, 11) is 0. The van der Waals surface area contributed by atoms with E-state index in [-0.39, 0.29) is 23.5 Å². The molecular weight excluding hydrogens is 216 g/mol. The van der Waals surface area contributed by atoms with E-state index in [2.05, 4.69) is 5.32 Å². The van der Waals surface area contributed by atoms with E-state index in [1.807, 2.05) is 27.7 Å². The van der Waals surface area contributed by atoms with Crippen LogP contribution in [-0.2, 0) is 4.79 Å². The van der Waals surface area contributed by atoms with Crippen molar-refractivity contribution < 1.29 is 9.90 Å². The Morgan fingerprint density at radius 1 is 1.20 bits per heavy atom. The monoisotopic (exact) mass is 236 g/mol. The van der Waals surface area contributed by atoms with E-state index in [1.165, 1.54) is 0 Å². The summed E-state index contributed by atoms with van der Waals surface area (Å²) < 4.78 is 0. The van der Waals surface area contributed by atoms with Gasteiger partial charge in [-0.25, -0.2) is 0 Å². The number of primary amides is 1. The summed E-state index contributed by atoms with van der Waals surface area (Å²) >= 11 is 0. The first kappa shape index (κ1) is 14.7. The Morgan fingerprint density at radius 3 is 1.80 bits per heavy atom. The maximum absolute atomic E-state index is 11.2. The lowest BCUT2D eigenvalue weighted by molar-refractivity contribution is -0.146. The molecule has 0 aliphatic carbocycles. The first-order valence-electron chi connectivity index (χ1n) is 4.88. The van der Waals surface area contributed by atoms with Gasteiger partial charge in [0.2, 0.25) is 5.91 Å². The summed E-state index contributed by atoms with van der Waals surface area (Å²) in [4.78, 5) is 11.2. The van der Waals surface area contributed by atoms with Crippen LogP contribution in [0.25, 0.3) is 0 Å². The molecule has 4 nitrogen and oxygen atoms in total. The number of nitrogens with two attached hydrogens (primary N) is 1. The van der Waals surface area contributed by atoms with Crippen LogP contribution in [0, 0.1) is 0 Å². The number of rotatable bonds is 1. The summed E-state index contributed by atoms with van der Waals surface area (Å²) in [6.07, 6.45) is 0.720. The molecule has 5 heteroatoms. The fraction of sp³-hybridized carbons (Fsp3) is 0.900. The summed E-state index contributed by atoms with van der Waals surface area (Å²) in [5, 5.41) is 13.5. The second-order valence-corrected chi connectivity index (χ2v) is 5.64. The van der Waals surface area contributed by atoms with E-state index in [9.17, 15) is 9.90 Å². The summed E-state index contributed by atoms with van der Waals surface area (Å²) in [6, 6.07) is 0. The third-order valence-electron chi connectivity index (χ3n) is 2.60. The fourth-order valence-electron chi connectivity index (χ4n) is 2.70. The van der Waals surface area contributed by atoms with Gasteiger partial charge in [0.1, 0.15) is 5.60 Å². The second-order valence-electron chi connectivity index (χ2n) is 5.64. The second kappa shape index (κ2) is 3.92. The Morgan fingerprint density at radius 2 is 1.53 bits per heavy atom. The Bertz CT molecular complexity index is 248. The lowest BCUT2D eigenvalue weighted by Gasteiger charge is -2.49. The van der Waals surface area contributed by atoms with E-state index in [0.29, 0.717) is 12.8 Å². The quantitative estimate of drug-likeness (QED) is 0.623. The number of aliphatic hydroxyl groups is 1. The minimum atomic E-state index is -1.38. The standard InChI is InChI=1S/C10H20N2O2.ClH/c1-8(2)5-10(14,7(11)13)6-9(3,4)12-8;/h12,14H,5-6H2,1-4H3,(H2,11,13);1H. The highest BCUT2D eigenvalue weighted by atomic mass is 35.5. The lowest BCUT2D eigenvalue weighted by atomic mass is 9.72. The molecule has 0 saturated carbocycles.